The van der Waals surface area contributed by atoms with Gasteiger partial charge in [-0.05, 0) is 111 Å². The second kappa shape index (κ2) is 10.5. The van der Waals surface area contributed by atoms with E-state index in [0.717, 1.165) is 0 Å². The Morgan fingerprint density at radius 1 is 0.400 bits per heavy atom. The fourth-order valence-corrected chi connectivity index (χ4v) is 8.96. The minimum atomic E-state index is 0.107. The first kappa shape index (κ1) is 29.3. The lowest BCUT2D eigenvalue weighted by Gasteiger charge is -2.42. The predicted octanol–water partition coefficient (Wildman–Crippen LogP) is 13.0. The molecule has 1 aliphatic carbocycles. The first-order chi connectivity index (χ1) is 24.3. The molecule has 0 spiro atoms. The Hall–Kier alpha value is -5.60. The van der Waals surface area contributed by atoms with E-state index in [2.05, 4.69) is 182 Å². The third-order valence-corrected chi connectivity index (χ3v) is 11.8. The molecule has 2 nitrogen and oxygen atoms in total. The lowest BCUT2D eigenvalue weighted by molar-refractivity contribution is 0.332. The summed E-state index contributed by atoms with van der Waals surface area (Å²) in [6.07, 6.45) is 2.38. The van der Waals surface area contributed by atoms with E-state index in [4.69, 9.17) is 0 Å². The third-order valence-electron chi connectivity index (χ3n) is 11.8. The van der Waals surface area contributed by atoms with Gasteiger partial charge in [0.05, 0.1) is 22.1 Å². The Labute approximate surface area is 293 Å². The van der Waals surface area contributed by atoms with E-state index < -0.39 is 0 Å². The van der Waals surface area contributed by atoms with Crippen LogP contribution in [0.3, 0.4) is 0 Å². The molecule has 0 atom stereocenters. The highest BCUT2D eigenvalue weighted by Crippen LogP contribution is 2.49. The summed E-state index contributed by atoms with van der Waals surface area (Å²) in [5.74, 6) is 0. The van der Waals surface area contributed by atoms with Gasteiger partial charge in [-0.2, -0.15) is 0 Å². The Balaban J connectivity index is 1.34. The molecule has 2 aromatic heterocycles. The Kier molecular flexibility index (Phi) is 6.13. The van der Waals surface area contributed by atoms with Gasteiger partial charge in [0.2, 0.25) is 0 Å². The molecule has 0 radical (unpaired) electrons. The van der Waals surface area contributed by atoms with Crippen LogP contribution in [-0.4, -0.2) is 9.13 Å². The summed E-state index contributed by atoms with van der Waals surface area (Å²) in [7, 11) is 0. The van der Waals surface area contributed by atoms with Crippen molar-refractivity contribution in [2.75, 3.05) is 0 Å². The number of hydrogen-bond acceptors (Lipinski definition) is 0. The zero-order valence-electron chi connectivity index (χ0n) is 29.2. The quantitative estimate of drug-likeness (QED) is 0.181. The van der Waals surface area contributed by atoms with E-state index in [1.807, 2.05) is 0 Å². The van der Waals surface area contributed by atoms with Crippen molar-refractivity contribution in [2.24, 2.45) is 0 Å². The Bertz CT molecular complexity index is 2800. The molecule has 0 unspecified atom stereocenters. The molecule has 9 aromatic rings. The average molecular weight is 645 g/mol. The van der Waals surface area contributed by atoms with Crippen molar-refractivity contribution in [3.05, 3.63) is 157 Å². The van der Waals surface area contributed by atoms with Gasteiger partial charge in [0.15, 0.2) is 0 Å². The van der Waals surface area contributed by atoms with Crippen molar-refractivity contribution >= 4 is 54.4 Å². The van der Waals surface area contributed by atoms with E-state index in [0.29, 0.717) is 0 Å². The molecule has 0 fully saturated rings. The van der Waals surface area contributed by atoms with E-state index in [1.165, 1.54) is 101 Å². The molecule has 0 saturated heterocycles. The first-order valence-corrected chi connectivity index (χ1v) is 18.0. The molecule has 0 amide bonds. The smallest absolute Gasteiger partial charge is 0.0548 e. The van der Waals surface area contributed by atoms with Crippen LogP contribution in [0, 0.1) is 0 Å². The highest BCUT2D eigenvalue weighted by molar-refractivity contribution is 6.19. The Morgan fingerprint density at radius 2 is 0.940 bits per heavy atom. The third kappa shape index (κ3) is 4.21. The zero-order valence-corrected chi connectivity index (χ0v) is 29.2. The van der Waals surface area contributed by atoms with Crippen molar-refractivity contribution in [1.29, 1.82) is 0 Å². The number of rotatable bonds is 3. The van der Waals surface area contributed by atoms with Crippen LogP contribution in [0.4, 0.5) is 0 Å². The fraction of sp³-hybridized carbons (Fsp3) is 0.167. The van der Waals surface area contributed by atoms with Crippen LogP contribution >= 0.6 is 0 Å². The minimum Gasteiger partial charge on any atom is -0.309 e. The van der Waals surface area contributed by atoms with Crippen molar-refractivity contribution in [3.63, 3.8) is 0 Å². The summed E-state index contributed by atoms with van der Waals surface area (Å²) in [6, 6.07) is 54.3. The molecule has 10 rings (SSSR count). The van der Waals surface area contributed by atoms with E-state index in [-0.39, 0.29) is 10.8 Å². The predicted molar refractivity (Wildman–Crippen MR) is 213 cm³/mol. The van der Waals surface area contributed by atoms with Gasteiger partial charge in [0.25, 0.3) is 0 Å². The maximum absolute atomic E-state index is 2.56. The molecule has 242 valence electrons. The summed E-state index contributed by atoms with van der Waals surface area (Å²) in [5, 5.41) is 7.72. The number of nitrogens with zero attached hydrogens (tertiary/aromatic N) is 2. The summed E-state index contributed by atoms with van der Waals surface area (Å²) < 4.78 is 4.99. The van der Waals surface area contributed by atoms with Crippen molar-refractivity contribution in [2.45, 2.75) is 51.4 Å². The summed E-state index contributed by atoms with van der Waals surface area (Å²) in [6.45, 7) is 9.74. The topological polar surface area (TPSA) is 9.86 Å². The van der Waals surface area contributed by atoms with E-state index in [9.17, 15) is 0 Å². The van der Waals surface area contributed by atoms with Gasteiger partial charge in [0.1, 0.15) is 0 Å². The number of fused-ring (bicyclic) bond motifs is 8. The molecule has 2 heteroatoms. The average Bonchev–Trinajstić information content (AvgIpc) is 3.64. The molecule has 0 bridgehead atoms. The lowest BCUT2D eigenvalue weighted by Crippen LogP contribution is -2.33. The van der Waals surface area contributed by atoms with Gasteiger partial charge < -0.3 is 9.13 Å². The van der Waals surface area contributed by atoms with Gasteiger partial charge in [-0.1, -0.05) is 119 Å². The molecule has 0 aliphatic heterocycles. The van der Waals surface area contributed by atoms with E-state index in [1.54, 1.807) is 0 Å². The van der Waals surface area contributed by atoms with Gasteiger partial charge in [0, 0.05) is 32.9 Å². The van der Waals surface area contributed by atoms with Crippen molar-refractivity contribution < 1.29 is 0 Å². The van der Waals surface area contributed by atoms with Crippen molar-refractivity contribution in [1.82, 2.24) is 9.13 Å². The van der Waals surface area contributed by atoms with Crippen LogP contribution in [0.15, 0.2) is 146 Å². The molecular weight excluding hydrogens is 605 g/mol. The zero-order chi connectivity index (χ0) is 33.8. The molecule has 50 heavy (non-hydrogen) atoms. The monoisotopic (exact) mass is 644 g/mol. The molecule has 1 aliphatic rings. The number of aromatic nitrogens is 2. The maximum Gasteiger partial charge on any atom is 0.0548 e. The second-order valence-corrected chi connectivity index (χ2v) is 15.7. The van der Waals surface area contributed by atoms with Crippen LogP contribution in [0.25, 0.3) is 76.9 Å². The van der Waals surface area contributed by atoms with Crippen LogP contribution in [0.1, 0.15) is 51.7 Å². The first-order valence-electron chi connectivity index (χ1n) is 18.0. The highest BCUT2D eigenvalue weighted by atomic mass is 15.0. The molecule has 0 N–H and O–H groups in total. The largest absolute Gasteiger partial charge is 0.309 e. The number of hydrogen-bond donors (Lipinski definition) is 0. The van der Waals surface area contributed by atoms with Crippen LogP contribution in [-0.2, 0) is 10.8 Å². The second-order valence-electron chi connectivity index (χ2n) is 15.7. The van der Waals surface area contributed by atoms with Crippen LogP contribution in [0.5, 0.6) is 0 Å². The van der Waals surface area contributed by atoms with Gasteiger partial charge >= 0.3 is 0 Å². The summed E-state index contributed by atoms with van der Waals surface area (Å²) in [4.78, 5) is 0. The SMILES string of the molecule is CC1(C)CCC(C)(C)c2cc3c(cc21)c1cc2c(cc1n3-c1cccc(-c3cccc4ccccc34)c1)c1ccccc1n2-c1ccccc1. The molecule has 2 heterocycles. The van der Waals surface area contributed by atoms with Gasteiger partial charge in [-0.25, -0.2) is 0 Å². The number of benzene rings is 7. The van der Waals surface area contributed by atoms with Crippen LogP contribution < -0.4 is 0 Å². The molecule has 0 saturated carbocycles. The van der Waals surface area contributed by atoms with Gasteiger partial charge in [-0.15, -0.1) is 0 Å². The Morgan fingerprint density at radius 3 is 1.72 bits per heavy atom. The normalized spacial score (nSPS) is 15.4. The summed E-state index contributed by atoms with van der Waals surface area (Å²) in [5.41, 5.74) is 13.1. The van der Waals surface area contributed by atoms with E-state index >= 15 is 0 Å². The highest BCUT2D eigenvalue weighted by Gasteiger charge is 2.38. The fourth-order valence-electron chi connectivity index (χ4n) is 8.96. The van der Waals surface area contributed by atoms with Gasteiger partial charge in [-0.3, -0.25) is 0 Å². The maximum atomic E-state index is 2.56. The minimum absolute atomic E-state index is 0.107. The number of para-hydroxylation sites is 2. The molecule has 7 aromatic carbocycles. The van der Waals surface area contributed by atoms with Crippen LogP contribution in [0.2, 0.25) is 0 Å². The lowest BCUT2D eigenvalue weighted by atomic mass is 9.63. The summed E-state index contributed by atoms with van der Waals surface area (Å²) >= 11 is 0. The molecular formula is C48H40N2. The van der Waals surface area contributed by atoms with Crippen molar-refractivity contribution in [3.8, 4) is 22.5 Å². The standard InChI is InChI=1S/C48H40N2/c1-47(2)24-25-48(3,4)42-30-46-38(27-41(42)47)40-29-44-39(37-21-10-11-23-43(37)49(44)33-17-6-5-7-18-33)28-45(40)50(46)34-19-12-16-32(26-34)36-22-13-15-31-14-8-9-20-35(31)36/h5-23,26-30H,24-25H2,1-4H3.